The van der Waals surface area contributed by atoms with Crippen molar-refractivity contribution in [3.05, 3.63) is 60.8 Å². The van der Waals surface area contributed by atoms with Crippen LogP contribution in [-0.4, -0.2) is 42.6 Å². The van der Waals surface area contributed by atoms with Crippen LogP contribution in [0, 0.1) is 0 Å². The molecule has 0 saturated carbocycles. The number of hydrogen-bond donors (Lipinski definition) is 2. The van der Waals surface area contributed by atoms with Gasteiger partial charge >= 0.3 is 0 Å². The maximum absolute atomic E-state index is 12.2. The van der Waals surface area contributed by atoms with Gasteiger partial charge in [0.05, 0.1) is 29.6 Å². The molecule has 0 atom stereocenters. The number of carbonyl (C=O) groups excluding carboxylic acids is 1. The number of pyridine rings is 1. The van der Waals surface area contributed by atoms with Gasteiger partial charge in [0.2, 0.25) is 5.95 Å². The summed E-state index contributed by atoms with van der Waals surface area (Å²) >= 11 is 0. The minimum Gasteiger partial charge on any atom is -0.494 e. The molecule has 0 fully saturated rings. The largest absolute Gasteiger partial charge is 0.494 e. The molecule has 0 saturated heterocycles. The summed E-state index contributed by atoms with van der Waals surface area (Å²) in [6.45, 7) is 1.49. The number of rotatable bonds is 7. The molecule has 31 heavy (non-hydrogen) atoms. The molecule has 0 aliphatic rings. The van der Waals surface area contributed by atoms with E-state index in [1.807, 2.05) is 18.2 Å². The minimum atomic E-state index is -0.126. The third kappa shape index (κ3) is 4.32. The fraction of sp³-hybridized carbons (Fsp3) is 0.143. The average molecular weight is 416 g/mol. The summed E-state index contributed by atoms with van der Waals surface area (Å²) in [6, 6.07) is 9.03. The number of benzene rings is 1. The third-order valence-electron chi connectivity index (χ3n) is 4.42. The number of aromatic nitrogens is 6. The molecular weight excluding hydrogens is 396 g/mol. The van der Waals surface area contributed by atoms with Crippen LogP contribution in [0.25, 0.3) is 11.4 Å². The molecule has 0 aliphatic carbocycles. The van der Waals surface area contributed by atoms with Gasteiger partial charge in [0.25, 0.3) is 0 Å². The number of Topliss-reactive ketones (excluding diaryl/α,β-unsaturated/α-hetero) is 1. The molecular formula is C21H20N8O2. The van der Waals surface area contributed by atoms with Crippen molar-refractivity contribution in [2.24, 2.45) is 7.05 Å². The number of ketones is 1. The maximum Gasteiger partial charge on any atom is 0.228 e. The van der Waals surface area contributed by atoms with Gasteiger partial charge in [-0.3, -0.25) is 9.48 Å². The molecule has 3 aromatic heterocycles. The van der Waals surface area contributed by atoms with Gasteiger partial charge in [-0.15, -0.1) is 0 Å². The van der Waals surface area contributed by atoms with E-state index >= 15 is 0 Å². The smallest absolute Gasteiger partial charge is 0.228 e. The second kappa shape index (κ2) is 8.57. The molecule has 10 nitrogen and oxygen atoms in total. The van der Waals surface area contributed by atoms with E-state index in [4.69, 9.17) is 4.74 Å². The molecule has 3 heterocycles. The molecule has 0 aliphatic heterocycles. The van der Waals surface area contributed by atoms with Crippen molar-refractivity contribution >= 4 is 28.9 Å². The summed E-state index contributed by atoms with van der Waals surface area (Å²) in [5, 5.41) is 10.7. The quantitative estimate of drug-likeness (QED) is 0.437. The zero-order valence-corrected chi connectivity index (χ0v) is 17.2. The molecule has 10 heteroatoms. The van der Waals surface area contributed by atoms with Crippen LogP contribution < -0.4 is 15.4 Å². The van der Waals surface area contributed by atoms with Crippen LogP contribution in [-0.2, 0) is 7.05 Å². The van der Waals surface area contributed by atoms with Gasteiger partial charge in [0.1, 0.15) is 12.1 Å². The minimum absolute atomic E-state index is 0.126. The lowest BCUT2D eigenvalue weighted by molar-refractivity contribution is 0.101. The van der Waals surface area contributed by atoms with Crippen molar-refractivity contribution in [2.45, 2.75) is 6.92 Å². The second-order valence-corrected chi connectivity index (χ2v) is 6.62. The van der Waals surface area contributed by atoms with E-state index in [1.165, 1.54) is 13.1 Å². The molecule has 0 radical (unpaired) electrons. The van der Waals surface area contributed by atoms with E-state index in [0.29, 0.717) is 40.3 Å². The second-order valence-electron chi connectivity index (χ2n) is 6.62. The summed E-state index contributed by atoms with van der Waals surface area (Å²) in [5.41, 5.74) is 2.37. The standard InChI is InChI=1S/C21H20N8O2/c1-13(30)15-11-24-18(27-21-22-8-5-9-23-21)10-17(15)26-16-7-4-6-14(19(16)31-3)20-25-12-29(2)28-20/h4-12H,1-3H3,(H2,22,23,24,26,27). The lowest BCUT2D eigenvalue weighted by Gasteiger charge is -2.16. The average Bonchev–Trinajstić information content (AvgIpc) is 3.20. The van der Waals surface area contributed by atoms with Gasteiger partial charge in [-0.1, -0.05) is 6.07 Å². The number of ether oxygens (including phenoxy) is 1. The predicted octanol–water partition coefficient (Wildman–Crippen LogP) is 3.37. The zero-order chi connectivity index (χ0) is 21.8. The summed E-state index contributed by atoms with van der Waals surface area (Å²) in [6.07, 6.45) is 6.38. The van der Waals surface area contributed by atoms with E-state index in [-0.39, 0.29) is 5.78 Å². The van der Waals surface area contributed by atoms with Gasteiger partial charge in [-0.25, -0.2) is 19.9 Å². The molecule has 1 aromatic carbocycles. The highest BCUT2D eigenvalue weighted by Crippen LogP contribution is 2.37. The molecule has 4 rings (SSSR count). The number of carbonyl (C=O) groups is 1. The number of hydrogen-bond acceptors (Lipinski definition) is 9. The van der Waals surface area contributed by atoms with E-state index < -0.39 is 0 Å². The van der Waals surface area contributed by atoms with Crippen LogP contribution in [0.2, 0.25) is 0 Å². The van der Waals surface area contributed by atoms with Gasteiger partial charge < -0.3 is 15.4 Å². The SMILES string of the molecule is COc1c(Nc2cc(Nc3ncccn3)ncc2C(C)=O)cccc1-c1ncn(C)n1. The number of nitrogens with one attached hydrogen (secondary N) is 2. The van der Waals surface area contributed by atoms with Crippen molar-refractivity contribution in [1.82, 2.24) is 29.7 Å². The Hall–Kier alpha value is -4.34. The summed E-state index contributed by atoms with van der Waals surface area (Å²) in [7, 11) is 3.37. The van der Waals surface area contributed by atoms with E-state index in [9.17, 15) is 4.79 Å². The fourth-order valence-electron chi connectivity index (χ4n) is 3.03. The van der Waals surface area contributed by atoms with E-state index in [0.717, 1.165) is 5.56 Å². The molecule has 0 spiro atoms. The third-order valence-corrected chi connectivity index (χ3v) is 4.42. The van der Waals surface area contributed by atoms with Crippen LogP contribution >= 0.6 is 0 Å². The van der Waals surface area contributed by atoms with Gasteiger partial charge in [0, 0.05) is 31.7 Å². The Morgan fingerprint density at radius 1 is 1.03 bits per heavy atom. The topological polar surface area (TPSA) is 120 Å². The molecule has 0 bridgehead atoms. The van der Waals surface area contributed by atoms with Crippen LogP contribution in [0.5, 0.6) is 5.75 Å². The van der Waals surface area contributed by atoms with Crippen LogP contribution in [0.3, 0.4) is 0 Å². The molecule has 4 aromatic rings. The highest BCUT2D eigenvalue weighted by Gasteiger charge is 2.17. The van der Waals surface area contributed by atoms with Crippen molar-refractivity contribution in [3.8, 4) is 17.1 Å². The zero-order valence-electron chi connectivity index (χ0n) is 17.2. The van der Waals surface area contributed by atoms with Crippen molar-refractivity contribution in [2.75, 3.05) is 17.7 Å². The normalized spacial score (nSPS) is 10.5. The summed E-state index contributed by atoms with van der Waals surface area (Å²) in [5.74, 6) is 1.85. The Balaban J connectivity index is 1.72. The van der Waals surface area contributed by atoms with E-state index in [1.54, 1.807) is 49.7 Å². The number of methoxy groups -OCH3 is 1. The molecule has 0 unspecified atom stereocenters. The van der Waals surface area contributed by atoms with Gasteiger partial charge in [-0.2, -0.15) is 5.10 Å². The lowest BCUT2D eigenvalue weighted by atomic mass is 10.1. The first-order valence-electron chi connectivity index (χ1n) is 9.40. The number of anilines is 4. The first-order chi connectivity index (χ1) is 15.0. The first-order valence-corrected chi connectivity index (χ1v) is 9.40. The Labute approximate surface area is 178 Å². The maximum atomic E-state index is 12.2. The predicted molar refractivity (Wildman–Crippen MR) is 116 cm³/mol. The number of aryl methyl sites for hydroxylation is 1. The summed E-state index contributed by atoms with van der Waals surface area (Å²) in [4.78, 5) is 29.1. The number of nitrogens with zero attached hydrogens (tertiary/aromatic N) is 6. The number of para-hydroxylation sites is 1. The Morgan fingerprint density at radius 3 is 2.52 bits per heavy atom. The van der Waals surface area contributed by atoms with Crippen molar-refractivity contribution in [3.63, 3.8) is 0 Å². The Kier molecular flexibility index (Phi) is 5.52. The van der Waals surface area contributed by atoms with Crippen molar-refractivity contribution < 1.29 is 9.53 Å². The van der Waals surface area contributed by atoms with E-state index in [2.05, 4.69) is 35.7 Å². The van der Waals surface area contributed by atoms with Crippen molar-refractivity contribution in [1.29, 1.82) is 0 Å². The molecule has 2 N–H and O–H groups in total. The Morgan fingerprint density at radius 2 is 1.84 bits per heavy atom. The Bertz CT molecular complexity index is 1220. The lowest BCUT2D eigenvalue weighted by Crippen LogP contribution is -2.06. The van der Waals surface area contributed by atoms with Gasteiger partial charge in [-0.05, 0) is 25.1 Å². The van der Waals surface area contributed by atoms with Crippen LogP contribution in [0.15, 0.2) is 55.2 Å². The molecule has 156 valence electrons. The highest BCUT2D eigenvalue weighted by molar-refractivity contribution is 6.00. The van der Waals surface area contributed by atoms with Crippen LogP contribution in [0.1, 0.15) is 17.3 Å². The molecule has 0 amide bonds. The summed E-state index contributed by atoms with van der Waals surface area (Å²) < 4.78 is 7.27. The van der Waals surface area contributed by atoms with Crippen LogP contribution in [0.4, 0.5) is 23.1 Å². The monoisotopic (exact) mass is 416 g/mol. The van der Waals surface area contributed by atoms with Gasteiger partial charge in [0.15, 0.2) is 17.4 Å². The first kappa shape index (κ1) is 20.0. The fourth-order valence-corrected chi connectivity index (χ4v) is 3.03. The highest BCUT2D eigenvalue weighted by atomic mass is 16.5.